The van der Waals surface area contributed by atoms with Crippen LogP contribution in [0.4, 0.5) is 15.9 Å². The van der Waals surface area contributed by atoms with E-state index in [1.54, 1.807) is 43.8 Å². The summed E-state index contributed by atoms with van der Waals surface area (Å²) in [6, 6.07) is 13.0. The zero-order valence-corrected chi connectivity index (χ0v) is 27.8. The molecule has 258 valence electrons. The Morgan fingerprint density at radius 1 is 1.04 bits per heavy atom. The summed E-state index contributed by atoms with van der Waals surface area (Å²) in [6.07, 6.45) is 9.26. The van der Waals surface area contributed by atoms with Crippen molar-refractivity contribution < 1.29 is 31.6 Å². The second-order valence-electron chi connectivity index (χ2n) is 11.6. The normalized spacial score (nSPS) is 13.6. The number of benzene rings is 2. The van der Waals surface area contributed by atoms with Crippen LogP contribution in [0.3, 0.4) is 0 Å². The van der Waals surface area contributed by atoms with Crippen molar-refractivity contribution in [2.45, 2.75) is 25.9 Å². The number of aromatic nitrogens is 4. The summed E-state index contributed by atoms with van der Waals surface area (Å²) in [4.78, 5) is 35.7. The highest BCUT2D eigenvalue weighted by atomic mass is 32.2. The quantitative estimate of drug-likeness (QED) is 0.187. The number of nitrogens with zero attached hydrogens (tertiary/aromatic N) is 4. The van der Waals surface area contributed by atoms with Gasteiger partial charge in [-0.15, -0.1) is 0 Å². The number of methoxy groups -OCH3 is 1. The third-order valence-electron chi connectivity index (χ3n) is 7.96. The Morgan fingerprint density at radius 3 is 2.33 bits per heavy atom. The summed E-state index contributed by atoms with van der Waals surface area (Å²) in [5, 5.41) is 3.61. The van der Waals surface area contributed by atoms with Gasteiger partial charge in [0.2, 0.25) is 5.43 Å². The highest BCUT2D eigenvalue weighted by Crippen LogP contribution is 2.33. The molecule has 0 unspecified atom stereocenters. The molecule has 0 atom stereocenters. The molecule has 1 saturated heterocycles. The van der Waals surface area contributed by atoms with E-state index in [0.717, 1.165) is 29.4 Å². The maximum atomic E-state index is 13.6. The van der Waals surface area contributed by atoms with Crippen molar-refractivity contribution in [3.8, 4) is 22.3 Å². The van der Waals surface area contributed by atoms with E-state index in [1.807, 2.05) is 27.5 Å². The number of carbonyl (C=O) groups is 1. The van der Waals surface area contributed by atoms with Crippen LogP contribution in [-0.4, -0.2) is 71.2 Å². The number of halogens is 1. The lowest BCUT2D eigenvalue weighted by Gasteiger charge is -2.23. The van der Waals surface area contributed by atoms with Gasteiger partial charge in [0.05, 0.1) is 18.2 Å². The van der Waals surface area contributed by atoms with Crippen LogP contribution in [0.2, 0.25) is 0 Å². The fraction of sp³-hybridized carbons (Fsp3) is 0.294. The number of rotatable bonds is 9. The van der Waals surface area contributed by atoms with Crippen LogP contribution in [0, 0.1) is 11.7 Å². The van der Waals surface area contributed by atoms with E-state index in [1.165, 1.54) is 18.5 Å². The van der Waals surface area contributed by atoms with Gasteiger partial charge in [0.1, 0.15) is 29.2 Å². The molecule has 0 spiro atoms. The molecule has 5 aromatic rings. The minimum absolute atomic E-state index is 0.00842. The van der Waals surface area contributed by atoms with Crippen LogP contribution >= 0.6 is 0 Å². The number of nitrogen functional groups attached to an aromatic ring is 1. The standard InChI is InChI=1S/C33H33FN6O4.CH4O3S/c1-43-15-12-40-19-26(29-31(35)36-20-37-32(29)40)22-4-8-25(9-5-22)38-33(42)28-18-39(16-21-10-13-44-14-11-21)17-27(30(28)41)23-2-6-24(34)7-3-23;1-5(2,3)4/h2-9,17-21H,10-16H2,1H3,(H,38,42)(H2,35,36,37);1H3,(H,2,3,4). The van der Waals surface area contributed by atoms with Crippen molar-refractivity contribution in [2.24, 2.45) is 5.92 Å². The highest BCUT2D eigenvalue weighted by molar-refractivity contribution is 7.85. The lowest BCUT2D eigenvalue weighted by atomic mass is 9.99. The number of ether oxygens (including phenoxy) is 2. The number of hydrogen-bond acceptors (Lipinski definition) is 9. The lowest BCUT2D eigenvalue weighted by Crippen LogP contribution is -2.26. The summed E-state index contributed by atoms with van der Waals surface area (Å²) < 4.78 is 54.1. The van der Waals surface area contributed by atoms with Crippen molar-refractivity contribution in [1.29, 1.82) is 0 Å². The van der Waals surface area contributed by atoms with Crippen LogP contribution in [0.1, 0.15) is 23.2 Å². The van der Waals surface area contributed by atoms with Gasteiger partial charge in [0.25, 0.3) is 16.0 Å². The maximum absolute atomic E-state index is 13.6. The van der Waals surface area contributed by atoms with Crippen molar-refractivity contribution in [1.82, 2.24) is 19.1 Å². The average Bonchev–Trinajstić information content (AvgIpc) is 3.44. The van der Waals surface area contributed by atoms with Crippen LogP contribution in [-0.2, 0) is 32.7 Å². The van der Waals surface area contributed by atoms with Gasteiger partial charge >= 0.3 is 0 Å². The topological polar surface area (TPSA) is 181 Å². The number of amides is 1. The van der Waals surface area contributed by atoms with Crippen LogP contribution in [0.25, 0.3) is 33.3 Å². The molecule has 3 aromatic heterocycles. The zero-order valence-electron chi connectivity index (χ0n) is 27.0. The molecule has 15 heteroatoms. The summed E-state index contributed by atoms with van der Waals surface area (Å²) >= 11 is 0. The largest absolute Gasteiger partial charge is 0.383 e. The highest BCUT2D eigenvalue weighted by Gasteiger charge is 2.20. The molecule has 1 fully saturated rings. The molecular formula is C34H37FN6O7S. The van der Waals surface area contributed by atoms with E-state index in [9.17, 15) is 22.4 Å². The molecule has 4 heterocycles. The Balaban J connectivity index is 0.000000874. The first kappa shape index (κ1) is 35.3. The lowest BCUT2D eigenvalue weighted by molar-refractivity contribution is 0.0612. The third kappa shape index (κ3) is 9.14. The predicted molar refractivity (Wildman–Crippen MR) is 184 cm³/mol. The van der Waals surface area contributed by atoms with Gasteiger partial charge in [-0.2, -0.15) is 8.42 Å². The molecule has 1 aliphatic heterocycles. The fourth-order valence-electron chi connectivity index (χ4n) is 5.62. The Bertz CT molecular complexity index is 2090. The van der Waals surface area contributed by atoms with E-state index in [2.05, 4.69) is 15.3 Å². The second-order valence-corrected chi connectivity index (χ2v) is 13.1. The van der Waals surface area contributed by atoms with Gasteiger partial charge in [-0.05, 0) is 54.2 Å². The SMILES string of the molecule is COCCn1cc(-c2ccc(NC(=O)c3cn(CC4CCOCC4)cc(-c4ccc(F)cc4)c3=O)cc2)c2c(N)ncnc21.CS(=O)(=O)O. The second kappa shape index (κ2) is 15.5. The maximum Gasteiger partial charge on any atom is 0.261 e. The molecule has 0 bridgehead atoms. The number of anilines is 2. The number of hydrogen-bond donors (Lipinski definition) is 3. The van der Waals surface area contributed by atoms with E-state index in [4.69, 9.17) is 19.8 Å². The number of nitrogens with two attached hydrogens (primary N) is 1. The monoisotopic (exact) mass is 692 g/mol. The fourth-order valence-corrected chi connectivity index (χ4v) is 5.62. The van der Waals surface area contributed by atoms with Crippen LogP contribution < -0.4 is 16.5 Å². The average molecular weight is 693 g/mol. The van der Waals surface area contributed by atoms with Gasteiger partial charge in [-0.1, -0.05) is 24.3 Å². The van der Waals surface area contributed by atoms with Gasteiger partial charge in [-0.3, -0.25) is 14.1 Å². The van der Waals surface area contributed by atoms with Crippen molar-refractivity contribution in [3.63, 3.8) is 0 Å². The summed E-state index contributed by atoms with van der Waals surface area (Å²) in [7, 11) is -2.02. The van der Waals surface area contributed by atoms with Crippen molar-refractivity contribution >= 4 is 38.6 Å². The summed E-state index contributed by atoms with van der Waals surface area (Å²) in [6.45, 7) is 3.12. The smallest absolute Gasteiger partial charge is 0.261 e. The molecule has 2 aromatic carbocycles. The number of carbonyl (C=O) groups excluding carboxylic acids is 1. The molecule has 0 saturated carbocycles. The number of fused-ring (bicyclic) bond motifs is 1. The van der Waals surface area contributed by atoms with Crippen molar-refractivity contribution in [2.75, 3.05) is 44.2 Å². The van der Waals surface area contributed by atoms with Crippen molar-refractivity contribution in [3.05, 3.63) is 95.1 Å². The first-order valence-electron chi connectivity index (χ1n) is 15.4. The third-order valence-corrected chi connectivity index (χ3v) is 7.96. The van der Waals surface area contributed by atoms with Gasteiger partial charge in [-0.25, -0.2) is 14.4 Å². The Hall–Kier alpha value is -4.96. The van der Waals surface area contributed by atoms with E-state index < -0.39 is 27.3 Å². The molecule has 6 rings (SSSR count). The number of nitrogens with one attached hydrogen (secondary N) is 1. The van der Waals surface area contributed by atoms with Gasteiger partial charge in [0.15, 0.2) is 0 Å². The molecular weight excluding hydrogens is 655 g/mol. The number of pyridine rings is 1. The Kier molecular flexibility index (Phi) is 11.2. The molecule has 49 heavy (non-hydrogen) atoms. The van der Waals surface area contributed by atoms with Gasteiger partial charge < -0.3 is 29.7 Å². The van der Waals surface area contributed by atoms with E-state index in [0.29, 0.717) is 73.4 Å². The van der Waals surface area contributed by atoms with Crippen LogP contribution in [0.5, 0.6) is 0 Å². The molecule has 13 nitrogen and oxygen atoms in total. The van der Waals surface area contributed by atoms with E-state index >= 15 is 0 Å². The van der Waals surface area contributed by atoms with Crippen LogP contribution in [0.15, 0.2) is 78.2 Å². The predicted octanol–water partition coefficient (Wildman–Crippen LogP) is 4.48. The first-order chi connectivity index (χ1) is 23.4. The van der Waals surface area contributed by atoms with Gasteiger partial charge in [0, 0.05) is 68.8 Å². The molecule has 4 N–H and O–H groups in total. The first-order valence-corrected chi connectivity index (χ1v) is 17.3. The minimum atomic E-state index is -3.67. The van der Waals surface area contributed by atoms with E-state index in [-0.39, 0.29) is 5.56 Å². The molecule has 1 aliphatic rings. The Morgan fingerprint density at radius 2 is 1.67 bits per heavy atom. The molecule has 1 amide bonds. The molecule has 0 aliphatic carbocycles. The molecule has 0 radical (unpaired) electrons. The zero-order chi connectivity index (χ0) is 35.1. The summed E-state index contributed by atoms with van der Waals surface area (Å²) in [5.41, 5.74) is 9.65. The Labute approximate surface area is 282 Å². The minimum Gasteiger partial charge on any atom is -0.383 e. The summed E-state index contributed by atoms with van der Waals surface area (Å²) in [5.74, 6) is -0.197.